The van der Waals surface area contributed by atoms with Gasteiger partial charge in [-0.05, 0) is 18.2 Å². The van der Waals surface area contributed by atoms with Crippen molar-refractivity contribution in [3.05, 3.63) is 65.4 Å². The predicted octanol–water partition coefficient (Wildman–Crippen LogP) is 4.31. The first kappa shape index (κ1) is 16.1. The van der Waals surface area contributed by atoms with Gasteiger partial charge in [-0.1, -0.05) is 47.1 Å². The van der Waals surface area contributed by atoms with Gasteiger partial charge in [0.05, 0.1) is 10.7 Å². The summed E-state index contributed by atoms with van der Waals surface area (Å²) in [7, 11) is 3.80. The molecular weight excluding hydrogens is 326 g/mol. The van der Waals surface area contributed by atoms with Crippen molar-refractivity contribution in [2.45, 2.75) is 0 Å². The van der Waals surface area contributed by atoms with Gasteiger partial charge < -0.3 is 14.7 Å². The number of carbonyl (C=O) groups is 1. The molecule has 0 saturated carbocycles. The minimum atomic E-state index is -0.377. The van der Waals surface area contributed by atoms with Gasteiger partial charge in [0.2, 0.25) is 5.76 Å². The number of nitrogens with zero attached hydrogens (tertiary/aromatic N) is 2. The van der Waals surface area contributed by atoms with Gasteiger partial charge in [-0.25, -0.2) is 0 Å². The lowest BCUT2D eigenvalue weighted by molar-refractivity contribution is 0.0988. The minimum Gasteiger partial charge on any atom is -0.376 e. The van der Waals surface area contributed by atoms with E-state index in [-0.39, 0.29) is 11.7 Å². The Kier molecular flexibility index (Phi) is 4.53. The normalized spacial score (nSPS) is 10.5. The van der Waals surface area contributed by atoms with E-state index in [0.717, 1.165) is 11.3 Å². The maximum absolute atomic E-state index is 12.3. The second-order valence-corrected chi connectivity index (χ2v) is 5.86. The summed E-state index contributed by atoms with van der Waals surface area (Å²) in [5.74, 6) is -0.236. The van der Waals surface area contributed by atoms with Gasteiger partial charge in [0.1, 0.15) is 5.69 Å². The van der Waals surface area contributed by atoms with Crippen LogP contribution in [0, 0.1) is 0 Å². The number of amides is 1. The minimum absolute atomic E-state index is 0.140. The number of carbonyl (C=O) groups excluding carboxylic acids is 1. The van der Waals surface area contributed by atoms with E-state index in [4.69, 9.17) is 16.1 Å². The van der Waals surface area contributed by atoms with Crippen molar-refractivity contribution in [2.24, 2.45) is 0 Å². The summed E-state index contributed by atoms with van der Waals surface area (Å²) in [5.41, 5.74) is 2.97. The van der Waals surface area contributed by atoms with Crippen molar-refractivity contribution in [3.8, 4) is 11.3 Å². The molecule has 6 heteroatoms. The number of nitrogens with one attached hydrogen (secondary N) is 1. The fourth-order valence-corrected chi connectivity index (χ4v) is 2.62. The highest BCUT2D eigenvalue weighted by atomic mass is 35.5. The van der Waals surface area contributed by atoms with Crippen LogP contribution in [0.5, 0.6) is 0 Å². The molecule has 2 aromatic carbocycles. The molecule has 3 rings (SSSR count). The van der Waals surface area contributed by atoms with Crippen LogP contribution in [-0.2, 0) is 0 Å². The standard InChI is InChI=1S/C18H16ClN3O2/c1-22(2)16-9-8-13(10-14(16)19)20-18(23)17-11-15(21-24-17)12-6-4-3-5-7-12/h3-11H,1-2H3,(H,20,23). The monoisotopic (exact) mass is 341 g/mol. The molecule has 3 aromatic rings. The third-order valence-electron chi connectivity index (χ3n) is 3.49. The van der Waals surface area contributed by atoms with Crippen LogP contribution < -0.4 is 10.2 Å². The zero-order chi connectivity index (χ0) is 17.1. The molecule has 0 radical (unpaired) electrons. The van der Waals surface area contributed by atoms with Crippen molar-refractivity contribution in [1.29, 1.82) is 0 Å². The van der Waals surface area contributed by atoms with Crippen LogP contribution in [0.1, 0.15) is 10.6 Å². The zero-order valence-corrected chi connectivity index (χ0v) is 14.0. The number of hydrogen-bond donors (Lipinski definition) is 1. The Labute approximate surface area is 144 Å². The van der Waals surface area contributed by atoms with Crippen molar-refractivity contribution in [1.82, 2.24) is 5.16 Å². The quantitative estimate of drug-likeness (QED) is 0.768. The van der Waals surface area contributed by atoms with Crippen LogP contribution in [0.4, 0.5) is 11.4 Å². The number of aromatic nitrogens is 1. The largest absolute Gasteiger partial charge is 0.376 e. The predicted molar refractivity (Wildman–Crippen MR) is 95.7 cm³/mol. The van der Waals surface area contributed by atoms with E-state index in [1.165, 1.54) is 0 Å². The summed E-state index contributed by atoms with van der Waals surface area (Å²) in [4.78, 5) is 14.2. The summed E-state index contributed by atoms with van der Waals surface area (Å²) >= 11 is 6.21. The van der Waals surface area contributed by atoms with Gasteiger partial charge in [-0.3, -0.25) is 4.79 Å². The molecule has 1 aromatic heterocycles. The van der Waals surface area contributed by atoms with Crippen molar-refractivity contribution >= 4 is 28.9 Å². The second-order valence-electron chi connectivity index (χ2n) is 5.46. The second kappa shape index (κ2) is 6.76. The van der Waals surface area contributed by atoms with E-state index in [1.807, 2.05) is 55.4 Å². The third-order valence-corrected chi connectivity index (χ3v) is 3.79. The van der Waals surface area contributed by atoms with Gasteiger partial charge in [0, 0.05) is 31.4 Å². The molecule has 0 bridgehead atoms. The topological polar surface area (TPSA) is 58.4 Å². The molecule has 0 aliphatic heterocycles. The number of benzene rings is 2. The highest BCUT2D eigenvalue weighted by molar-refractivity contribution is 6.33. The zero-order valence-electron chi connectivity index (χ0n) is 13.3. The lowest BCUT2D eigenvalue weighted by Gasteiger charge is -2.15. The molecule has 0 unspecified atom stereocenters. The molecule has 0 fully saturated rings. The Balaban J connectivity index is 1.76. The molecule has 1 amide bonds. The van der Waals surface area contributed by atoms with Crippen LogP contribution in [0.25, 0.3) is 11.3 Å². The van der Waals surface area contributed by atoms with Crippen LogP contribution in [0.2, 0.25) is 5.02 Å². The Hall–Kier alpha value is -2.79. The maximum atomic E-state index is 12.3. The number of halogens is 1. The van der Waals surface area contributed by atoms with Gasteiger partial charge in [0.15, 0.2) is 0 Å². The summed E-state index contributed by atoms with van der Waals surface area (Å²) in [6, 6.07) is 16.5. The molecule has 1 N–H and O–H groups in total. The average molecular weight is 342 g/mol. The van der Waals surface area contributed by atoms with Gasteiger partial charge >= 0.3 is 0 Å². The Bertz CT molecular complexity index is 860. The van der Waals surface area contributed by atoms with E-state index < -0.39 is 0 Å². The van der Waals surface area contributed by atoms with Crippen molar-refractivity contribution < 1.29 is 9.32 Å². The number of hydrogen-bond acceptors (Lipinski definition) is 4. The van der Waals surface area contributed by atoms with Crippen LogP contribution in [0.15, 0.2) is 59.1 Å². The highest BCUT2D eigenvalue weighted by Gasteiger charge is 2.15. The molecular formula is C18H16ClN3O2. The third kappa shape index (κ3) is 3.41. The summed E-state index contributed by atoms with van der Waals surface area (Å²) < 4.78 is 5.14. The lowest BCUT2D eigenvalue weighted by Crippen LogP contribution is -2.12. The van der Waals surface area contributed by atoms with Crippen LogP contribution >= 0.6 is 11.6 Å². The Morgan fingerprint density at radius 3 is 2.54 bits per heavy atom. The summed E-state index contributed by atoms with van der Waals surface area (Å²) in [6.07, 6.45) is 0. The molecule has 0 aliphatic carbocycles. The summed E-state index contributed by atoms with van der Waals surface area (Å²) in [6.45, 7) is 0. The highest BCUT2D eigenvalue weighted by Crippen LogP contribution is 2.28. The fraction of sp³-hybridized carbons (Fsp3) is 0.111. The van der Waals surface area contributed by atoms with Gasteiger partial charge in [0.25, 0.3) is 5.91 Å². The average Bonchev–Trinajstić information content (AvgIpc) is 3.05. The van der Waals surface area contributed by atoms with Crippen molar-refractivity contribution in [2.75, 3.05) is 24.3 Å². The first-order chi connectivity index (χ1) is 11.5. The maximum Gasteiger partial charge on any atom is 0.294 e. The lowest BCUT2D eigenvalue weighted by atomic mass is 10.1. The summed E-state index contributed by atoms with van der Waals surface area (Å²) in [5, 5.41) is 7.25. The van der Waals surface area contributed by atoms with Crippen molar-refractivity contribution in [3.63, 3.8) is 0 Å². The first-order valence-corrected chi connectivity index (χ1v) is 7.73. The first-order valence-electron chi connectivity index (χ1n) is 7.35. The van der Waals surface area contributed by atoms with E-state index >= 15 is 0 Å². The fourth-order valence-electron chi connectivity index (χ4n) is 2.27. The Morgan fingerprint density at radius 1 is 1.12 bits per heavy atom. The molecule has 0 saturated heterocycles. The molecule has 0 aliphatic rings. The van der Waals surface area contributed by atoms with E-state index in [0.29, 0.717) is 16.4 Å². The molecule has 0 atom stereocenters. The number of rotatable bonds is 4. The number of anilines is 2. The van der Waals surface area contributed by atoms with E-state index in [1.54, 1.807) is 18.2 Å². The molecule has 0 spiro atoms. The van der Waals surface area contributed by atoms with E-state index in [2.05, 4.69) is 10.5 Å². The molecule has 1 heterocycles. The Morgan fingerprint density at radius 2 is 1.88 bits per heavy atom. The molecule has 5 nitrogen and oxygen atoms in total. The van der Waals surface area contributed by atoms with E-state index in [9.17, 15) is 4.79 Å². The van der Waals surface area contributed by atoms with Crippen LogP contribution in [-0.4, -0.2) is 25.2 Å². The molecule has 122 valence electrons. The van der Waals surface area contributed by atoms with Gasteiger partial charge in [-0.15, -0.1) is 0 Å². The SMILES string of the molecule is CN(C)c1ccc(NC(=O)c2cc(-c3ccccc3)no2)cc1Cl. The van der Waals surface area contributed by atoms with Crippen LogP contribution in [0.3, 0.4) is 0 Å². The van der Waals surface area contributed by atoms with Gasteiger partial charge in [-0.2, -0.15) is 0 Å². The molecule has 24 heavy (non-hydrogen) atoms. The smallest absolute Gasteiger partial charge is 0.294 e.